The Hall–Kier alpha value is -0.610. The van der Waals surface area contributed by atoms with Gasteiger partial charge in [-0.1, -0.05) is 29.8 Å². The molecule has 116 valence electrons. The summed E-state index contributed by atoms with van der Waals surface area (Å²) in [5, 5.41) is 14.2. The van der Waals surface area contributed by atoms with E-state index in [1.54, 1.807) is 0 Å². The van der Waals surface area contributed by atoms with E-state index in [1.807, 2.05) is 25.2 Å². The molecule has 4 heteroatoms. The summed E-state index contributed by atoms with van der Waals surface area (Å²) in [5.41, 5.74) is 1.18. The van der Waals surface area contributed by atoms with Crippen LogP contribution in [-0.2, 0) is 0 Å². The van der Waals surface area contributed by atoms with Gasteiger partial charge in [0.1, 0.15) is 0 Å². The van der Waals surface area contributed by atoms with E-state index in [9.17, 15) is 5.11 Å². The lowest BCUT2D eigenvalue weighted by Gasteiger charge is -2.23. The average molecular weight is 309 g/mol. The van der Waals surface area contributed by atoms with Crippen molar-refractivity contribution in [1.29, 1.82) is 0 Å². The van der Waals surface area contributed by atoms with Crippen LogP contribution in [0.2, 0.25) is 5.02 Å². The summed E-state index contributed by atoms with van der Waals surface area (Å²) in [5.74, 6) is 1.23. The number of aliphatic hydroxyl groups is 1. The van der Waals surface area contributed by atoms with E-state index in [1.165, 1.54) is 12.0 Å². The zero-order valence-corrected chi connectivity index (χ0v) is 13.4. The molecular formula is C17H25ClN2O. The smallest absolute Gasteiger partial charge is 0.0583 e. The maximum absolute atomic E-state index is 10.00. The fraction of sp³-hybridized carbons (Fsp3) is 0.647. The summed E-state index contributed by atoms with van der Waals surface area (Å²) in [6.45, 7) is 3.28. The Morgan fingerprint density at radius 3 is 2.86 bits per heavy atom. The predicted molar refractivity (Wildman–Crippen MR) is 86.5 cm³/mol. The standard InChI is InChI=1S/C17H25ClN2O/c1-19-16(13-4-2-3-5-15(13)18)8-9-20-10-12-6-7-17(21)14(12)11-20/h2-5,12,14,16-17,19,21H,6-11H2,1H3. The van der Waals surface area contributed by atoms with Crippen LogP contribution >= 0.6 is 11.6 Å². The third kappa shape index (κ3) is 3.26. The molecule has 1 heterocycles. The lowest BCUT2D eigenvalue weighted by atomic mass is 10.00. The van der Waals surface area contributed by atoms with Crippen molar-refractivity contribution in [3.8, 4) is 0 Å². The Morgan fingerprint density at radius 1 is 1.33 bits per heavy atom. The highest BCUT2D eigenvalue weighted by molar-refractivity contribution is 6.31. The average Bonchev–Trinajstić information content (AvgIpc) is 3.04. The molecule has 4 unspecified atom stereocenters. The van der Waals surface area contributed by atoms with E-state index < -0.39 is 0 Å². The number of aliphatic hydroxyl groups excluding tert-OH is 1. The summed E-state index contributed by atoms with van der Waals surface area (Å²) in [4.78, 5) is 2.51. The lowest BCUT2D eigenvalue weighted by Crippen LogP contribution is -2.29. The number of likely N-dealkylation sites (tertiary alicyclic amines) is 1. The van der Waals surface area contributed by atoms with Gasteiger partial charge in [0, 0.05) is 30.1 Å². The van der Waals surface area contributed by atoms with E-state index in [0.717, 1.165) is 37.5 Å². The number of halogens is 1. The fourth-order valence-corrected chi connectivity index (χ4v) is 4.30. The van der Waals surface area contributed by atoms with E-state index in [0.29, 0.717) is 17.9 Å². The second-order valence-electron chi connectivity index (χ2n) is 6.48. The van der Waals surface area contributed by atoms with Crippen molar-refractivity contribution in [2.45, 2.75) is 31.4 Å². The molecule has 1 saturated heterocycles. The van der Waals surface area contributed by atoms with Crippen molar-refractivity contribution in [2.75, 3.05) is 26.7 Å². The molecule has 3 nitrogen and oxygen atoms in total. The normalized spacial score (nSPS) is 30.5. The quantitative estimate of drug-likeness (QED) is 0.878. The van der Waals surface area contributed by atoms with Crippen molar-refractivity contribution in [3.63, 3.8) is 0 Å². The number of nitrogens with zero attached hydrogens (tertiary/aromatic N) is 1. The van der Waals surface area contributed by atoms with Gasteiger partial charge >= 0.3 is 0 Å². The van der Waals surface area contributed by atoms with Gasteiger partial charge in [-0.3, -0.25) is 0 Å². The van der Waals surface area contributed by atoms with Crippen LogP contribution in [-0.4, -0.2) is 42.8 Å². The highest BCUT2D eigenvalue weighted by Gasteiger charge is 2.41. The first-order valence-corrected chi connectivity index (χ1v) is 8.39. The van der Waals surface area contributed by atoms with Crippen LogP contribution < -0.4 is 5.32 Å². The minimum atomic E-state index is -0.0661. The highest BCUT2D eigenvalue weighted by Crippen LogP contribution is 2.38. The van der Waals surface area contributed by atoms with Crippen LogP contribution in [0.4, 0.5) is 0 Å². The summed E-state index contributed by atoms with van der Waals surface area (Å²) < 4.78 is 0. The molecule has 1 aliphatic carbocycles. The predicted octanol–water partition coefficient (Wildman–Crippen LogP) is 2.69. The highest BCUT2D eigenvalue weighted by atomic mass is 35.5. The Labute approximate surface area is 132 Å². The molecule has 2 fully saturated rings. The summed E-state index contributed by atoms with van der Waals surface area (Å²) in [6, 6.07) is 8.37. The zero-order chi connectivity index (χ0) is 14.8. The molecule has 0 aromatic heterocycles. The van der Waals surface area contributed by atoms with Gasteiger partial charge in [0.25, 0.3) is 0 Å². The molecule has 0 amide bonds. The maximum Gasteiger partial charge on any atom is 0.0583 e. The minimum absolute atomic E-state index is 0.0661. The van der Waals surface area contributed by atoms with Gasteiger partial charge in [0.15, 0.2) is 0 Å². The molecule has 1 aromatic rings. The molecule has 2 aliphatic rings. The topological polar surface area (TPSA) is 35.5 Å². The Bertz CT molecular complexity index is 482. The SMILES string of the molecule is CNC(CCN1CC2CCC(O)C2C1)c1ccccc1Cl. The largest absolute Gasteiger partial charge is 0.393 e. The molecule has 2 N–H and O–H groups in total. The molecule has 1 saturated carbocycles. The minimum Gasteiger partial charge on any atom is -0.393 e. The molecule has 21 heavy (non-hydrogen) atoms. The molecule has 1 aromatic carbocycles. The second-order valence-corrected chi connectivity index (χ2v) is 6.89. The number of hydrogen-bond donors (Lipinski definition) is 2. The van der Waals surface area contributed by atoms with Gasteiger partial charge in [-0.2, -0.15) is 0 Å². The first-order valence-electron chi connectivity index (χ1n) is 8.01. The lowest BCUT2D eigenvalue weighted by molar-refractivity contribution is 0.124. The molecule has 1 aliphatic heterocycles. The Balaban J connectivity index is 1.56. The Kier molecular flexibility index (Phi) is 4.85. The van der Waals surface area contributed by atoms with Gasteiger partial charge < -0.3 is 15.3 Å². The van der Waals surface area contributed by atoms with Crippen molar-refractivity contribution in [3.05, 3.63) is 34.9 Å². The molecule has 4 atom stereocenters. The zero-order valence-electron chi connectivity index (χ0n) is 12.6. The van der Waals surface area contributed by atoms with Crippen molar-refractivity contribution >= 4 is 11.6 Å². The van der Waals surface area contributed by atoms with Gasteiger partial charge in [0.2, 0.25) is 0 Å². The summed E-state index contributed by atoms with van der Waals surface area (Å²) >= 11 is 6.30. The van der Waals surface area contributed by atoms with Crippen molar-refractivity contribution in [1.82, 2.24) is 10.2 Å². The number of benzene rings is 1. The number of rotatable bonds is 5. The van der Waals surface area contributed by atoms with Crippen LogP contribution in [0, 0.1) is 11.8 Å². The number of nitrogens with one attached hydrogen (secondary N) is 1. The summed E-state index contributed by atoms with van der Waals surface area (Å²) in [6.07, 6.45) is 3.18. The van der Waals surface area contributed by atoms with Gasteiger partial charge in [-0.15, -0.1) is 0 Å². The fourth-order valence-electron chi connectivity index (χ4n) is 4.04. The number of hydrogen-bond acceptors (Lipinski definition) is 3. The van der Waals surface area contributed by atoms with E-state index >= 15 is 0 Å². The molecule has 0 spiro atoms. The maximum atomic E-state index is 10.00. The van der Waals surface area contributed by atoms with Gasteiger partial charge in [0.05, 0.1) is 6.10 Å². The van der Waals surface area contributed by atoms with Crippen molar-refractivity contribution in [2.24, 2.45) is 11.8 Å². The Morgan fingerprint density at radius 2 is 2.14 bits per heavy atom. The number of fused-ring (bicyclic) bond motifs is 1. The first-order chi connectivity index (χ1) is 10.2. The van der Waals surface area contributed by atoms with Crippen LogP contribution in [0.3, 0.4) is 0 Å². The van der Waals surface area contributed by atoms with Crippen LogP contribution in [0.1, 0.15) is 30.9 Å². The van der Waals surface area contributed by atoms with Crippen LogP contribution in [0.15, 0.2) is 24.3 Å². The molecule has 3 rings (SSSR count). The monoisotopic (exact) mass is 308 g/mol. The van der Waals surface area contributed by atoms with E-state index in [-0.39, 0.29) is 6.10 Å². The first kappa shape index (κ1) is 15.3. The van der Waals surface area contributed by atoms with E-state index in [4.69, 9.17) is 11.6 Å². The molecule has 0 radical (unpaired) electrons. The summed E-state index contributed by atoms with van der Waals surface area (Å²) in [7, 11) is 2.00. The third-order valence-corrected chi connectivity index (χ3v) is 5.60. The van der Waals surface area contributed by atoms with Crippen molar-refractivity contribution < 1.29 is 5.11 Å². The van der Waals surface area contributed by atoms with Gasteiger partial charge in [-0.05, 0) is 50.4 Å². The van der Waals surface area contributed by atoms with Crippen LogP contribution in [0.25, 0.3) is 0 Å². The second kappa shape index (κ2) is 6.66. The van der Waals surface area contributed by atoms with Crippen LogP contribution in [0.5, 0.6) is 0 Å². The van der Waals surface area contributed by atoms with Gasteiger partial charge in [-0.25, -0.2) is 0 Å². The third-order valence-electron chi connectivity index (χ3n) is 5.26. The van der Waals surface area contributed by atoms with E-state index in [2.05, 4.69) is 16.3 Å². The molecular weight excluding hydrogens is 284 g/mol. The molecule has 0 bridgehead atoms.